The minimum atomic E-state index is -0.995. The minimum Gasteiger partial charge on any atom is -0.480 e. The van der Waals surface area contributed by atoms with Crippen molar-refractivity contribution in [2.75, 3.05) is 6.54 Å². The molecule has 5 heteroatoms. The summed E-state index contributed by atoms with van der Waals surface area (Å²) < 4.78 is 0. The van der Waals surface area contributed by atoms with Gasteiger partial charge in [0.2, 0.25) is 5.91 Å². The van der Waals surface area contributed by atoms with Crippen molar-refractivity contribution in [3.8, 4) is 0 Å². The van der Waals surface area contributed by atoms with Crippen LogP contribution in [0.5, 0.6) is 0 Å². The van der Waals surface area contributed by atoms with Crippen molar-refractivity contribution < 1.29 is 14.7 Å². The smallest absolute Gasteiger partial charge is 0.326 e. The Kier molecular flexibility index (Phi) is 5.87. The predicted octanol–water partition coefficient (Wildman–Crippen LogP) is -0.0362. The molecule has 14 heavy (non-hydrogen) atoms. The van der Waals surface area contributed by atoms with E-state index in [4.69, 9.17) is 5.11 Å². The van der Waals surface area contributed by atoms with E-state index in [1.54, 1.807) is 6.92 Å². The maximum atomic E-state index is 11.2. The van der Waals surface area contributed by atoms with Gasteiger partial charge in [0.1, 0.15) is 6.04 Å². The highest BCUT2D eigenvalue weighted by Crippen LogP contribution is 1.90. The second-order valence-electron chi connectivity index (χ2n) is 3.40. The van der Waals surface area contributed by atoms with E-state index >= 15 is 0 Å². The monoisotopic (exact) mass is 202 g/mol. The lowest BCUT2D eigenvalue weighted by atomic mass is 10.2. The maximum absolute atomic E-state index is 11.2. The Labute approximate surface area is 83.9 Å². The van der Waals surface area contributed by atoms with Gasteiger partial charge in [-0.2, -0.15) is 0 Å². The van der Waals surface area contributed by atoms with Crippen LogP contribution in [0.25, 0.3) is 0 Å². The van der Waals surface area contributed by atoms with Crippen molar-refractivity contribution in [3.63, 3.8) is 0 Å². The molecule has 0 saturated heterocycles. The third-order valence-corrected chi connectivity index (χ3v) is 1.71. The molecule has 82 valence electrons. The molecule has 0 radical (unpaired) electrons. The van der Waals surface area contributed by atoms with Crippen molar-refractivity contribution in [2.24, 2.45) is 0 Å². The molecule has 0 bridgehead atoms. The SMILES string of the molecule is CCC(NC(=O)CNC(C)C)C(=O)O. The van der Waals surface area contributed by atoms with Gasteiger partial charge in [-0.05, 0) is 6.42 Å². The first-order chi connectivity index (χ1) is 6.47. The number of rotatable bonds is 6. The molecular weight excluding hydrogens is 184 g/mol. The summed E-state index contributed by atoms with van der Waals surface area (Å²) in [6.45, 7) is 5.71. The molecular formula is C9H18N2O3. The first-order valence-corrected chi connectivity index (χ1v) is 4.73. The van der Waals surface area contributed by atoms with Crippen molar-refractivity contribution >= 4 is 11.9 Å². The van der Waals surface area contributed by atoms with Crippen LogP contribution >= 0.6 is 0 Å². The van der Waals surface area contributed by atoms with Crippen LogP contribution < -0.4 is 10.6 Å². The fourth-order valence-corrected chi connectivity index (χ4v) is 0.881. The standard InChI is InChI=1S/C9H18N2O3/c1-4-7(9(13)14)11-8(12)5-10-6(2)3/h6-7,10H,4-5H2,1-3H3,(H,11,12)(H,13,14). The molecule has 3 N–H and O–H groups in total. The molecule has 1 unspecified atom stereocenters. The van der Waals surface area contributed by atoms with E-state index in [2.05, 4.69) is 10.6 Å². The highest BCUT2D eigenvalue weighted by molar-refractivity contribution is 5.84. The van der Waals surface area contributed by atoms with Crippen molar-refractivity contribution in [1.29, 1.82) is 0 Å². The molecule has 5 nitrogen and oxygen atoms in total. The number of aliphatic carboxylic acids is 1. The predicted molar refractivity (Wildman–Crippen MR) is 53.0 cm³/mol. The van der Waals surface area contributed by atoms with Crippen LogP contribution in [0, 0.1) is 0 Å². The van der Waals surface area contributed by atoms with Crippen LogP contribution in [0.15, 0.2) is 0 Å². The second kappa shape index (κ2) is 6.37. The zero-order chi connectivity index (χ0) is 11.1. The molecule has 0 aromatic rings. The quantitative estimate of drug-likeness (QED) is 0.565. The van der Waals surface area contributed by atoms with Gasteiger partial charge in [0.05, 0.1) is 6.54 Å². The summed E-state index contributed by atoms with van der Waals surface area (Å²) in [7, 11) is 0. The number of hydrogen-bond acceptors (Lipinski definition) is 3. The lowest BCUT2D eigenvalue weighted by Gasteiger charge is -2.13. The first kappa shape index (κ1) is 12.9. The van der Waals surface area contributed by atoms with Crippen LogP contribution in [-0.4, -0.2) is 35.6 Å². The molecule has 0 spiro atoms. The van der Waals surface area contributed by atoms with Gasteiger partial charge < -0.3 is 15.7 Å². The van der Waals surface area contributed by atoms with Crippen LogP contribution in [0.3, 0.4) is 0 Å². The van der Waals surface area contributed by atoms with Gasteiger partial charge in [-0.1, -0.05) is 20.8 Å². The molecule has 0 aliphatic rings. The molecule has 0 saturated carbocycles. The summed E-state index contributed by atoms with van der Waals surface area (Å²) in [5, 5.41) is 14.0. The highest BCUT2D eigenvalue weighted by Gasteiger charge is 2.16. The van der Waals surface area contributed by atoms with E-state index < -0.39 is 12.0 Å². The Morgan fingerprint density at radius 1 is 1.36 bits per heavy atom. The molecule has 1 atom stereocenters. The summed E-state index contributed by atoms with van der Waals surface area (Å²) in [6.07, 6.45) is 0.392. The maximum Gasteiger partial charge on any atom is 0.326 e. The Morgan fingerprint density at radius 3 is 2.29 bits per heavy atom. The number of carbonyl (C=O) groups is 2. The highest BCUT2D eigenvalue weighted by atomic mass is 16.4. The molecule has 0 fully saturated rings. The third-order valence-electron chi connectivity index (χ3n) is 1.71. The van der Waals surface area contributed by atoms with Crippen molar-refractivity contribution in [1.82, 2.24) is 10.6 Å². The van der Waals surface area contributed by atoms with Crippen LogP contribution in [0.1, 0.15) is 27.2 Å². The fraction of sp³-hybridized carbons (Fsp3) is 0.778. The minimum absolute atomic E-state index is 0.154. The second-order valence-corrected chi connectivity index (χ2v) is 3.40. The number of carboxylic acids is 1. The summed E-state index contributed by atoms with van der Waals surface area (Å²) in [5.41, 5.74) is 0. The van der Waals surface area contributed by atoms with E-state index in [1.807, 2.05) is 13.8 Å². The van der Waals surface area contributed by atoms with E-state index in [0.717, 1.165) is 0 Å². The molecule has 0 heterocycles. The van der Waals surface area contributed by atoms with Crippen molar-refractivity contribution in [2.45, 2.75) is 39.3 Å². The number of amides is 1. The molecule has 0 rings (SSSR count). The number of hydrogen-bond donors (Lipinski definition) is 3. The Morgan fingerprint density at radius 2 is 1.93 bits per heavy atom. The van der Waals surface area contributed by atoms with Crippen molar-refractivity contribution in [3.05, 3.63) is 0 Å². The normalized spacial score (nSPS) is 12.6. The van der Waals surface area contributed by atoms with Gasteiger partial charge in [-0.25, -0.2) is 4.79 Å². The van der Waals surface area contributed by atoms with Crippen LogP contribution in [-0.2, 0) is 9.59 Å². The molecule has 0 aliphatic carbocycles. The molecule has 0 aromatic heterocycles. The summed E-state index contributed by atoms with van der Waals surface area (Å²) >= 11 is 0. The average Bonchev–Trinajstić information content (AvgIpc) is 2.10. The van der Waals surface area contributed by atoms with Crippen LogP contribution in [0.4, 0.5) is 0 Å². The van der Waals surface area contributed by atoms with E-state index in [9.17, 15) is 9.59 Å². The van der Waals surface area contributed by atoms with Gasteiger partial charge in [0.25, 0.3) is 0 Å². The number of nitrogens with one attached hydrogen (secondary N) is 2. The lowest BCUT2D eigenvalue weighted by molar-refractivity contribution is -0.141. The Hall–Kier alpha value is -1.10. The number of carbonyl (C=O) groups excluding carboxylic acids is 1. The Bertz CT molecular complexity index is 204. The van der Waals surface area contributed by atoms with Gasteiger partial charge in [0.15, 0.2) is 0 Å². The van der Waals surface area contributed by atoms with Crippen LogP contribution in [0.2, 0.25) is 0 Å². The van der Waals surface area contributed by atoms with E-state index in [1.165, 1.54) is 0 Å². The first-order valence-electron chi connectivity index (χ1n) is 4.73. The number of carboxylic acid groups (broad SMARTS) is 1. The van der Waals surface area contributed by atoms with Gasteiger partial charge in [0, 0.05) is 6.04 Å². The lowest BCUT2D eigenvalue weighted by Crippen LogP contribution is -2.45. The summed E-state index contributed by atoms with van der Waals surface area (Å²) in [6, 6.07) is -0.567. The summed E-state index contributed by atoms with van der Waals surface area (Å²) in [4.78, 5) is 21.8. The molecule has 0 aromatic carbocycles. The Balaban J connectivity index is 3.85. The third kappa shape index (κ3) is 5.53. The zero-order valence-corrected chi connectivity index (χ0v) is 8.83. The summed E-state index contributed by atoms with van der Waals surface area (Å²) in [5.74, 6) is -1.28. The van der Waals surface area contributed by atoms with Gasteiger partial charge in [-0.3, -0.25) is 4.79 Å². The van der Waals surface area contributed by atoms with E-state index in [-0.39, 0.29) is 18.5 Å². The molecule has 1 amide bonds. The van der Waals surface area contributed by atoms with Gasteiger partial charge >= 0.3 is 5.97 Å². The topological polar surface area (TPSA) is 78.4 Å². The largest absolute Gasteiger partial charge is 0.480 e. The average molecular weight is 202 g/mol. The zero-order valence-electron chi connectivity index (χ0n) is 8.83. The fourth-order valence-electron chi connectivity index (χ4n) is 0.881. The van der Waals surface area contributed by atoms with Gasteiger partial charge in [-0.15, -0.1) is 0 Å². The van der Waals surface area contributed by atoms with E-state index in [0.29, 0.717) is 6.42 Å². The molecule has 0 aliphatic heterocycles.